The number of nitrogens with one attached hydrogen (secondary N) is 2. The van der Waals surface area contributed by atoms with Crippen molar-refractivity contribution < 1.29 is 28.7 Å². The maximum absolute atomic E-state index is 14.2. The van der Waals surface area contributed by atoms with Crippen molar-refractivity contribution in [1.29, 1.82) is 0 Å². The minimum absolute atomic E-state index is 0.216. The highest BCUT2D eigenvalue weighted by molar-refractivity contribution is 5.92. The van der Waals surface area contributed by atoms with Crippen molar-refractivity contribution in [3.8, 4) is 0 Å². The third-order valence-electron chi connectivity index (χ3n) is 6.57. The van der Waals surface area contributed by atoms with Crippen LogP contribution in [0.2, 0.25) is 0 Å². The number of hydrogen-bond donors (Lipinski definition) is 2. The summed E-state index contributed by atoms with van der Waals surface area (Å²) in [4.78, 5) is 55.1. The highest BCUT2D eigenvalue weighted by atomic mass is 16.6. The zero-order valence-corrected chi connectivity index (χ0v) is 27.5. The van der Waals surface area contributed by atoms with Crippen molar-refractivity contribution in [1.82, 2.24) is 15.5 Å². The summed E-state index contributed by atoms with van der Waals surface area (Å²) in [6.07, 6.45) is 4.22. The van der Waals surface area contributed by atoms with E-state index in [2.05, 4.69) is 17.6 Å². The average Bonchev–Trinajstić information content (AvgIpc) is 2.94. The molecule has 2 aromatic rings. The lowest BCUT2D eigenvalue weighted by atomic mass is 10.0. The number of rotatable bonds is 15. The van der Waals surface area contributed by atoms with Gasteiger partial charge in [0, 0.05) is 13.0 Å². The van der Waals surface area contributed by atoms with Crippen LogP contribution in [0, 0.1) is 0 Å². The fourth-order valence-corrected chi connectivity index (χ4v) is 4.62. The summed E-state index contributed by atoms with van der Waals surface area (Å²) in [5.74, 6) is -1.51. The van der Waals surface area contributed by atoms with E-state index in [0.717, 1.165) is 31.2 Å². The van der Waals surface area contributed by atoms with Crippen molar-refractivity contribution >= 4 is 23.9 Å². The van der Waals surface area contributed by atoms with Gasteiger partial charge in [-0.3, -0.25) is 9.59 Å². The van der Waals surface area contributed by atoms with Crippen LogP contribution in [-0.2, 0) is 30.3 Å². The van der Waals surface area contributed by atoms with Crippen LogP contribution in [0.5, 0.6) is 0 Å². The highest BCUT2D eigenvalue weighted by Crippen LogP contribution is 2.24. The van der Waals surface area contributed by atoms with Gasteiger partial charge in [0.2, 0.25) is 11.8 Å². The number of nitrogens with zero attached hydrogens (tertiary/aromatic N) is 1. The molecule has 2 aromatic carbocycles. The van der Waals surface area contributed by atoms with E-state index in [1.165, 1.54) is 4.90 Å². The van der Waals surface area contributed by atoms with Crippen molar-refractivity contribution in [3.05, 3.63) is 71.8 Å². The number of amides is 3. The van der Waals surface area contributed by atoms with Crippen LogP contribution in [0.1, 0.15) is 97.7 Å². The second kappa shape index (κ2) is 17.4. The molecule has 0 saturated heterocycles. The average molecular weight is 610 g/mol. The lowest BCUT2D eigenvalue weighted by molar-refractivity contribution is -0.159. The Balaban J connectivity index is 2.42. The lowest BCUT2D eigenvalue weighted by Crippen LogP contribution is -2.52. The van der Waals surface area contributed by atoms with Gasteiger partial charge in [0.25, 0.3) is 0 Å². The second-order valence-electron chi connectivity index (χ2n) is 13.0. The van der Waals surface area contributed by atoms with Crippen molar-refractivity contribution in [2.75, 3.05) is 13.1 Å². The molecule has 0 fully saturated rings. The standard InChI is InChI=1S/C35H51N3O6/c1-8-9-10-11-18-23-38(29(39)25-36-33(42)44-35(5,6)7)30(27-21-16-13-17-22-27)31(40)37-28(32(41)43-34(2,3)4)24-26-19-14-12-15-20-26/h12-17,19-22,28,30H,8-11,18,23-25H2,1-7H3,(H,36,42)(H,37,40). The zero-order valence-electron chi connectivity index (χ0n) is 27.5. The molecular weight excluding hydrogens is 558 g/mol. The Bertz CT molecular complexity index is 1190. The van der Waals surface area contributed by atoms with Crippen LogP contribution in [0.25, 0.3) is 0 Å². The predicted molar refractivity (Wildman–Crippen MR) is 172 cm³/mol. The summed E-state index contributed by atoms with van der Waals surface area (Å²) in [6.45, 7) is 12.6. The molecule has 0 saturated carbocycles. The normalized spacial score (nSPS) is 12.9. The molecule has 0 heterocycles. The van der Waals surface area contributed by atoms with Crippen molar-refractivity contribution in [2.24, 2.45) is 0 Å². The van der Waals surface area contributed by atoms with Crippen LogP contribution >= 0.6 is 0 Å². The van der Waals surface area contributed by atoms with E-state index in [4.69, 9.17) is 9.47 Å². The Morgan fingerprint density at radius 2 is 1.34 bits per heavy atom. The van der Waals surface area contributed by atoms with Gasteiger partial charge >= 0.3 is 12.1 Å². The molecule has 242 valence electrons. The van der Waals surface area contributed by atoms with Crippen LogP contribution < -0.4 is 10.6 Å². The Morgan fingerprint density at radius 1 is 0.773 bits per heavy atom. The molecule has 2 atom stereocenters. The molecule has 0 spiro atoms. The highest BCUT2D eigenvalue weighted by Gasteiger charge is 2.35. The molecule has 0 aliphatic carbocycles. The summed E-state index contributed by atoms with van der Waals surface area (Å²) < 4.78 is 11.0. The van der Waals surface area contributed by atoms with E-state index in [1.54, 1.807) is 65.8 Å². The number of hydrogen-bond acceptors (Lipinski definition) is 6. The maximum atomic E-state index is 14.2. The molecule has 0 aliphatic rings. The largest absolute Gasteiger partial charge is 0.458 e. The van der Waals surface area contributed by atoms with E-state index in [0.29, 0.717) is 18.5 Å². The molecule has 0 bridgehead atoms. The zero-order chi connectivity index (χ0) is 32.8. The van der Waals surface area contributed by atoms with Crippen molar-refractivity contribution in [2.45, 2.75) is 110 Å². The molecule has 44 heavy (non-hydrogen) atoms. The topological polar surface area (TPSA) is 114 Å². The number of carbonyl (C=O) groups is 4. The fraction of sp³-hybridized carbons (Fsp3) is 0.543. The molecule has 3 amide bonds. The van der Waals surface area contributed by atoms with Crippen LogP contribution in [0.15, 0.2) is 60.7 Å². The Kier molecular flexibility index (Phi) is 14.4. The van der Waals surface area contributed by atoms with Crippen molar-refractivity contribution in [3.63, 3.8) is 0 Å². The van der Waals surface area contributed by atoms with E-state index in [1.807, 2.05) is 36.4 Å². The summed E-state index contributed by atoms with van der Waals surface area (Å²) in [5.41, 5.74) is -0.0469. The van der Waals surface area contributed by atoms with Gasteiger partial charge in [0.1, 0.15) is 29.8 Å². The first kappa shape index (κ1) is 36.3. The minimum atomic E-state index is -1.05. The molecule has 2 N–H and O–H groups in total. The lowest BCUT2D eigenvalue weighted by Gasteiger charge is -2.33. The summed E-state index contributed by atoms with van der Waals surface area (Å²) in [6, 6.07) is 16.3. The van der Waals surface area contributed by atoms with E-state index < -0.39 is 47.2 Å². The fourth-order valence-electron chi connectivity index (χ4n) is 4.62. The van der Waals surface area contributed by atoms with Crippen LogP contribution in [0.4, 0.5) is 4.79 Å². The molecule has 9 heteroatoms. The Hall–Kier alpha value is -3.88. The van der Waals surface area contributed by atoms with E-state index >= 15 is 0 Å². The van der Waals surface area contributed by atoms with E-state index in [-0.39, 0.29) is 13.0 Å². The van der Waals surface area contributed by atoms with Gasteiger partial charge in [-0.25, -0.2) is 9.59 Å². The molecule has 2 rings (SSSR count). The van der Waals surface area contributed by atoms with Gasteiger partial charge in [0.05, 0.1) is 0 Å². The second-order valence-corrected chi connectivity index (χ2v) is 13.0. The van der Waals surface area contributed by atoms with Gasteiger partial charge < -0.3 is 25.0 Å². The number of alkyl carbamates (subject to hydrolysis) is 1. The van der Waals surface area contributed by atoms with Gasteiger partial charge in [-0.05, 0) is 59.1 Å². The Labute approximate surface area is 263 Å². The third kappa shape index (κ3) is 13.6. The van der Waals surface area contributed by atoms with Crippen LogP contribution in [0.3, 0.4) is 0 Å². The van der Waals surface area contributed by atoms with Gasteiger partial charge in [-0.15, -0.1) is 0 Å². The summed E-state index contributed by atoms with van der Waals surface area (Å²) in [5, 5.41) is 5.44. The quantitative estimate of drug-likeness (QED) is 0.186. The molecular formula is C35H51N3O6. The van der Waals surface area contributed by atoms with Gasteiger partial charge in [-0.1, -0.05) is 93.3 Å². The number of benzene rings is 2. The first-order chi connectivity index (χ1) is 20.7. The van der Waals surface area contributed by atoms with Crippen LogP contribution in [-0.4, -0.2) is 59.1 Å². The smallest absolute Gasteiger partial charge is 0.408 e. The van der Waals surface area contributed by atoms with Gasteiger partial charge in [-0.2, -0.15) is 0 Å². The summed E-state index contributed by atoms with van der Waals surface area (Å²) in [7, 11) is 0. The molecule has 0 radical (unpaired) electrons. The monoisotopic (exact) mass is 609 g/mol. The molecule has 0 aliphatic heterocycles. The van der Waals surface area contributed by atoms with E-state index in [9.17, 15) is 19.2 Å². The SMILES string of the molecule is CCCCCCCN(C(=O)CNC(=O)OC(C)(C)C)C(C(=O)NC(Cc1ccccc1)C(=O)OC(C)(C)C)c1ccccc1. The maximum Gasteiger partial charge on any atom is 0.408 e. The third-order valence-corrected chi connectivity index (χ3v) is 6.57. The van der Waals surface area contributed by atoms with Gasteiger partial charge in [0.15, 0.2) is 0 Å². The number of ether oxygens (including phenoxy) is 2. The predicted octanol–water partition coefficient (Wildman–Crippen LogP) is 6.12. The minimum Gasteiger partial charge on any atom is -0.458 e. The molecule has 0 aromatic heterocycles. The number of carbonyl (C=O) groups excluding carboxylic acids is 4. The summed E-state index contributed by atoms with van der Waals surface area (Å²) >= 11 is 0. The first-order valence-corrected chi connectivity index (χ1v) is 15.6. The molecule has 2 unspecified atom stereocenters. The first-order valence-electron chi connectivity index (χ1n) is 15.6. The number of esters is 1. The Morgan fingerprint density at radius 3 is 1.91 bits per heavy atom. The molecule has 9 nitrogen and oxygen atoms in total. The number of unbranched alkanes of at least 4 members (excludes halogenated alkanes) is 4.